The van der Waals surface area contributed by atoms with E-state index in [9.17, 15) is 0 Å². The Morgan fingerprint density at radius 2 is 2.10 bits per heavy atom. The van der Waals surface area contributed by atoms with E-state index in [2.05, 4.69) is 58.9 Å². The first-order valence-electron chi connectivity index (χ1n) is 10.8. The van der Waals surface area contributed by atoms with Crippen LogP contribution in [-0.4, -0.2) is 53.7 Å². The highest BCUT2D eigenvalue weighted by molar-refractivity contribution is 14.0. The van der Waals surface area contributed by atoms with Gasteiger partial charge in [-0.2, -0.15) is 0 Å². The lowest BCUT2D eigenvalue weighted by atomic mass is 9.93. The Morgan fingerprint density at radius 3 is 2.73 bits per heavy atom. The number of benzene rings is 1. The number of methoxy groups -OCH3 is 1. The highest BCUT2D eigenvalue weighted by Crippen LogP contribution is 2.27. The quantitative estimate of drug-likeness (QED) is 0.328. The number of likely N-dealkylation sites (tertiary alicyclic amines) is 1. The molecule has 0 saturated carbocycles. The van der Waals surface area contributed by atoms with Crippen molar-refractivity contribution in [3.05, 3.63) is 48.5 Å². The van der Waals surface area contributed by atoms with E-state index >= 15 is 0 Å². The minimum atomic E-state index is 0. The van der Waals surface area contributed by atoms with Crippen LogP contribution in [0.2, 0.25) is 0 Å². The summed E-state index contributed by atoms with van der Waals surface area (Å²) in [7, 11) is 1.70. The molecule has 3 rings (SSSR count). The molecule has 1 aliphatic rings. The molecule has 2 heterocycles. The fraction of sp³-hybridized carbons (Fsp3) is 0.565. The van der Waals surface area contributed by atoms with Crippen LogP contribution in [0, 0.1) is 5.92 Å². The fourth-order valence-electron chi connectivity index (χ4n) is 3.98. The van der Waals surface area contributed by atoms with Gasteiger partial charge in [-0.3, -0.25) is 4.99 Å². The number of imidazole rings is 1. The summed E-state index contributed by atoms with van der Waals surface area (Å²) in [6.45, 7) is 10.5. The fourth-order valence-corrected chi connectivity index (χ4v) is 3.98. The van der Waals surface area contributed by atoms with Gasteiger partial charge in [0, 0.05) is 38.6 Å². The summed E-state index contributed by atoms with van der Waals surface area (Å²) in [5.41, 5.74) is 1.33. The van der Waals surface area contributed by atoms with Crippen molar-refractivity contribution < 1.29 is 4.74 Å². The van der Waals surface area contributed by atoms with E-state index in [0.717, 1.165) is 50.7 Å². The Balaban J connectivity index is 0.00000320. The molecule has 0 bridgehead atoms. The third kappa shape index (κ3) is 6.36. The van der Waals surface area contributed by atoms with Crippen molar-refractivity contribution in [2.24, 2.45) is 10.9 Å². The summed E-state index contributed by atoms with van der Waals surface area (Å²) in [5.74, 6) is 3.04. The molecule has 166 valence electrons. The zero-order chi connectivity index (χ0) is 20.6. The van der Waals surface area contributed by atoms with Gasteiger partial charge < -0.3 is 19.5 Å². The van der Waals surface area contributed by atoms with Crippen molar-refractivity contribution in [3.8, 4) is 5.75 Å². The molecule has 3 unspecified atom stereocenters. The highest BCUT2D eigenvalue weighted by Gasteiger charge is 2.28. The topological polar surface area (TPSA) is 54.7 Å². The number of piperidine rings is 1. The van der Waals surface area contributed by atoms with Crippen LogP contribution in [0.3, 0.4) is 0 Å². The summed E-state index contributed by atoms with van der Waals surface area (Å²) in [6.07, 6.45) is 8.06. The maximum absolute atomic E-state index is 5.26. The SMILES string of the molecule is CCNC(=NCCC(C)c1ccc(OC)cc1)N1CCC(C)C(n2ccnc2)C1.I. The Labute approximate surface area is 198 Å². The van der Waals surface area contributed by atoms with Crippen molar-refractivity contribution in [1.29, 1.82) is 0 Å². The van der Waals surface area contributed by atoms with Gasteiger partial charge in [0.2, 0.25) is 0 Å². The second kappa shape index (κ2) is 12.2. The number of aromatic nitrogens is 2. The predicted octanol–water partition coefficient (Wildman–Crippen LogP) is 4.55. The van der Waals surface area contributed by atoms with E-state index in [1.807, 2.05) is 24.7 Å². The van der Waals surface area contributed by atoms with Gasteiger partial charge in [0.1, 0.15) is 5.75 Å². The molecule has 7 heteroatoms. The first-order valence-corrected chi connectivity index (χ1v) is 10.8. The smallest absolute Gasteiger partial charge is 0.193 e. The molecule has 0 radical (unpaired) electrons. The largest absolute Gasteiger partial charge is 0.497 e. The van der Waals surface area contributed by atoms with Gasteiger partial charge >= 0.3 is 0 Å². The molecule has 1 saturated heterocycles. The Kier molecular flexibility index (Phi) is 9.94. The molecule has 0 aliphatic carbocycles. The van der Waals surface area contributed by atoms with Gasteiger partial charge in [-0.25, -0.2) is 4.98 Å². The molecule has 6 nitrogen and oxygen atoms in total. The summed E-state index contributed by atoms with van der Waals surface area (Å²) in [6, 6.07) is 8.81. The molecule has 0 amide bonds. The molecule has 1 aromatic heterocycles. The van der Waals surface area contributed by atoms with Crippen LogP contribution in [0.4, 0.5) is 0 Å². The van der Waals surface area contributed by atoms with E-state index < -0.39 is 0 Å². The van der Waals surface area contributed by atoms with Crippen LogP contribution in [0.5, 0.6) is 5.75 Å². The molecular formula is C23H36IN5O. The molecule has 3 atom stereocenters. The number of hydrogen-bond donors (Lipinski definition) is 1. The number of guanidine groups is 1. The van der Waals surface area contributed by atoms with E-state index in [1.54, 1.807) is 7.11 Å². The zero-order valence-corrected chi connectivity index (χ0v) is 21.0. The molecule has 1 aliphatic heterocycles. The molecular weight excluding hydrogens is 489 g/mol. The molecule has 1 aromatic carbocycles. The summed E-state index contributed by atoms with van der Waals surface area (Å²) < 4.78 is 7.50. The first-order chi connectivity index (χ1) is 14.1. The lowest BCUT2D eigenvalue weighted by molar-refractivity contribution is 0.189. The standard InChI is InChI=1S/C23H35N5O.HI/c1-5-25-23(26-12-10-18(2)20-6-8-21(29-4)9-7-20)27-14-11-19(3)22(16-27)28-15-13-24-17-28;/h6-9,13,15,17-19,22H,5,10-12,14,16H2,1-4H3,(H,25,26);1H. The molecule has 0 spiro atoms. The lowest BCUT2D eigenvalue weighted by Gasteiger charge is -2.39. The normalized spacial score (nSPS) is 20.4. The van der Waals surface area contributed by atoms with Crippen molar-refractivity contribution in [3.63, 3.8) is 0 Å². The van der Waals surface area contributed by atoms with Gasteiger partial charge in [0.15, 0.2) is 5.96 Å². The lowest BCUT2D eigenvalue weighted by Crippen LogP contribution is -2.49. The molecule has 30 heavy (non-hydrogen) atoms. The minimum absolute atomic E-state index is 0. The highest BCUT2D eigenvalue weighted by atomic mass is 127. The average molecular weight is 525 g/mol. The van der Waals surface area contributed by atoms with E-state index in [4.69, 9.17) is 9.73 Å². The maximum Gasteiger partial charge on any atom is 0.193 e. The summed E-state index contributed by atoms with van der Waals surface area (Å²) in [5, 5.41) is 3.50. The number of rotatable bonds is 7. The molecule has 2 aromatic rings. The Morgan fingerprint density at radius 1 is 1.33 bits per heavy atom. The van der Waals surface area contributed by atoms with Gasteiger partial charge in [-0.15, -0.1) is 24.0 Å². The van der Waals surface area contributed by atoms with Crippen LogP contribution < -0.4 is 10.1 Å². The van der Waals surface area contributed by atoms with Crippen molar-refractivity contribution in [2.75, 3.05) is 33.3 Å². The number of hydrogen-bond acceptors (Lipinski definition) is 3. The van der Waals surface area contributed by atoms with Crippen molar-refractivity contribution in [1.82, 2.24) is 19.8 Å². The molecule has 1 N–H and O–H groups in total. The Hall–Kier alpha value is -1.77. The van der Waals surface area contributed by atoms with Crippen LogP contribution in [0.15, 0.2) is 48.0 Å². The number of nitrogens with zero attached hydrogens (tertiary/aromatic N) is 4. The third-order valence-electron chi connectivity index (χ3n) is 5.97. The van der Waals surface area contributed by atoms with Crippen LogP contribution in [0.1, 0.15) is 51.1 Å². The van der Waals surface area contributed by atoms with Gasteiger partial charge in [0.25, 0.3) is 0 Å². The zero-order valence-electron chi connectivity index (χ0n) is 18.6. The third-order valence-corrected chi connectivity index (χ3v) is 5.97. The number of ether oxygens (including phenoxy) is 1. The minimum Gasteiger partial charge on any atom is -0.497 e. The molecule has 1 fully saturated rings. The van der Waals surface area contributed by atoms with Crippen molar-refractivity contribution in [2.45, 2.75) is 45.6 Å². The second-order valence-electron chi connectivity index (χ2n) is 7.99. The number of halogens is 1. The summed E-state index contributed by atoms with van der Waals surface area (Å²) >= 11 is 0. The van der Waals surface area contributed by atoms with E-state index in [1.165, 1.54) is 5.56 Å². The number of nitrogens with one attached hydrogen (secondary N) is 1. The van der Waals surface area contributed by atoms with Crippen LogP contribution >= 0.6 is 24.0 Å². The summed E-state index contributed by atoms with van der Waals surface area (Å²) in [4.78, 5) is 11.6. The van der Waals surface area contributed by atoms with Gasteiger partial charge in [0.05, 0.1) is 19.5 Å². The van der Waals surface area contributed by atoms with Crippen LogP contribution in [0.25, 0.3) is 0 Å². The van der Waals surface area contributed by atoms with Gasteiger partial charge in [-0.1, -0.05) is 26.0 Å². The van der Waals surface area contributed by atoms with Crippen molar-refractivity contribution >= 4 is 29.9 Å². The van der Waals surface area contributed by atoms with E-state index in [-0.39, 0.29) is 24.0 Å². The first kappa shape index (κ1) is 24.5. The number of aliphatic imine (C=N–C) groups is 1. The second-order valence-corrected chi connectivity index (χ2v) is 7.99. The average Bonchev–Trinajstić information content (AvgIpc) is 3.28. The van der Waals surface area contributed by atoms with Crippen LogP contribution in [-0.2, 0) is 0 Å². The maximum atomic E-state index is 5.26. The van der Waals surface area contributed by atoms with Gasteiger partial charge in [-0.05, 0) is 49.3 Å². The Bertz CT molecular complexity index is 762. The monoisotopic (exact) mass is 525 g/mol. The predicted molar refractivity (Wildman–Crippen MR) is 134 cm³/mol. The van der Waals surface area contributed by atoms with E-state index in [0.29, 0.717) is 17.9 Å².